The monoisotopic (exact) mass is 487 g/mol. The van der Waals surface area contributed by atoms with E-state index in [1.165, 1.54) is 4.90 Å². The second-order valence-electron chi connectivity index (χ2n) is 8.27. The highest BCUT2D eigenvalue weighted by atomic mass is 16.5. The van der Waals surface area contributed by atoms with Gasteiger partial charge in [-0.15, -0.1) is 0 Å². The van der Waals surface area contributed by atoms with Crippen LogP contribution in [0.2, 0.25) is 0 Å². The molecule has 0 bridgehead atoms. The minimum absolute atomic E-state index is 0.105. The van der Waals surface area contributed by atoms with E-state index in [9.17, 15) is 14.4 Å². The zero-order chi connectivity index (χ0) is 25.2. The fourth-order valence-corrected chi connectivity index (χ4v) is 4.01. The van der Waals surface area contributed by atoms with Crippen LogP contribution in [-0.2, 0) is 19.1 Å². The van der Waals surface area contributed by atoms with Crippen LogP contribution in [0.4, 0.5) is 0 Å². The Labute approximate surface area is 205 Å². The number of hydrogen-bond acceptors (Lipinski definition) is 8. The molecule has 0 aliphatic carbocycles. The van der Waals surface area contributed by atoms with Crippen LogP contribution in [-0.4, -0.2) is 86.4 Å². The van der Waals surface area contributed by atoms with Crippen molar-refractivity contribution in [3.63, 3.8) is 0 Å². The van der Waals surface area contributed by atoms with Crippen LogP contribution in [0, 0.1) is 5.92 Å². The van der Waals surface area contributed by atoms with Gasteiger partial charge >= 0.3 is 5.97 Å². The molecule has 190 valence electrons. The quantitative estimate of drug-likeness (QED) is 0.445. The molecule has 1 unspecified atom stereocenters. The van der Waals surface area contributed by atoms with Crippen LogP contribution in [0.25, 0.3) is 11.3 Å². The Morgan fingerprint density at radius 2 is 2.03 bits per heavy atom. The van der Waals surface area contributed by atoms with Crippen molar-refractivity contribution in [3.05, 3.63) is 36.0 Å². The normalized spacial score (nSPS) is 15.5. The molecule has 2 amide bonds. The lowest BCUT2D eigenvalue weighted by Crippen LogP contribution is -2.44. The summed E-state index contributed by atoms with van der Waals surface area (Å²) < 4.78 is 20.9. The van der Waals surface area contributed by atoms with Crippen molar-refractivity contribution in [1.29, 1.82) is 0 Å². The number of piperidine rings is 1. The number of carbonyl (C=O) groups excluding carboxylic acids is 3. The first-order valence-electron chi connectivity index (χ1n) is 11.8. The smallest absolute Gasteiger partial charge is 0.310 e. The fourth-order valence-electron chi connectivity index (χ4n) is 4.01. The highest BCUT2D eigenvalue weighted by molar-refractivity contribution is 5.93. The summed E-state index contributed by atoms with van der Waals surface area (Å²) in [5, 5.41) is 3.95. The van der Waals surface area contributed by atoms with Gasteiger partial charge < -0.3 is 28.5 Å². The maximum atomic E-state index is 13.2. The minimum Gasteiger partial charge on any atom is -0.497 e. The predicted molar refractivity (Wildman–Crippen MR) is 127 cm³/mol. The molecule has 3 rings (SSSR count). The maximum absolute atomic E-state index is 13.2. The topological polar surface area (TPSA) is 111 Å². The maximum Gasteiger partial charge on any atom is 0.310 e. The van der Waals surface area contributed by atoms with Gasteiger partial charge in [-0.25, -0.2) is 0 Å². The second kappa shape index (κ2) is 12.9. The molecular weight excluding hydrogens is 454 g/mol. The van der Waals surface area contributed by atoms with Gasteiger partial charge in [0, 0.05) is 51.3 Å². The van der Waals surface area contributed by atoms with Gasteiger partial charge in [-0.2, -0.15) is 0 Å². The molecule has 0 spiro atoms. The first-order valence-corrected chi connectivity index (χ1v) is 11.8. The molecule has 2 aromatic rings. The van der Waals surface area contributed by atoms with Crippen molar-refractivity contribution >= 4 is 17.8 Å². The van der Waals surface area contributed by atoms with Gasteiger partial charge in [0.05, 0.1) is 26.2 Å². The van der Waals surface area contributed by atoms with E-state index in [1.54, 1.807) is 38.2 Å². The number of hydrogen-bond donors (Lipinski definition) is 0. The molecule has 1 aliphatic rings. The lowest BCUT2D eigenvalue weighted by atomic mass is 9.98. The Morgan fingerprint density at radius 1 is 1.20 bits per heavy atom. The van der Waals surface area contributed by atoms with Crippen LogP contribution in [0.3, 0.4) is 0 Å². The molecule has 1 fully saturated rings. The van der Waals surface area contributed by atoms with Gasteiger partial charge in [0.25, 0.3) is 5.91 Å². The van der Waals surface area contributed by atoms with Crippen molar-refractivity contribution in [2.45, 2.75) is 26.2 Å². The number of esters is 1. The standard InChI is InChI=1S/C25H33N3O7/c1-4-34-25(31)19-8-6-11-28(17-19)23(29)10-12-27(13-14-32-2)24(30)21-16-22(35-26-21)18-7-5-9-20(15-18)33-3/h5,7,9,15-16,19H,4,6,8,10-14,17H2,1-3H3. The van der Waals surface area contributed by atoms with E-state index in [0.717, 1.165) is 12.0 Å². The van der Waals surface area contributed by atoms with Crippen molar-refractivity contribution in [2.24, 2.45) is 5.92 Å². The Hall–Kier alpha value is -3.40. The zero-order valence-electron chi connectivity index (χ0n) is 20.5. The molecule has 0 saturated carbocycles. The average molecular weight is 488 g/mol. The molecule has 35 heavy (non-hydrogen) atoms. The molecule has 1 saturated heterocycles. The number of benzene rings is 1. The van der Waals surface area contributed by atoms with Gasteiger partial charge in [-0.3, -0.25) is 14.4 Å². The average Bonchev–Trinajstić information content (AvgIpc) is 3.39. The number of carbonyl (C=O) groups is 3. The van der Waals surface area contributed by atoms with E-state index in [-0.39, 0.29) is 42.4 Å². The predicted octanol–water partition coefficient (Wildman–Crippen LogP) is 2.63. The number of amides is 2. The molecular formula is C25H33N3O7. The molecule has 0 N–H and O–H groups in total. The van der Waals surface area contributed by atoms with Crippen molar-refractivity contribution in [3.8, 4) is 17.1 Å². The Balaban J connectivity index is 1.63. The van der Waals surface area contributed by atoms with Gasteiger partial charge in [0.15, 0.2) is 11.5 Å². The zero-order valence-corrected chi connectivity index (χ0v) is 20.5. The second-order valence-corrected chi connectivity index (χ2v) is 8.27. The highest BCUT2D eigenvalue weighted by Gasteiger charge is 2.30. The summed E-state index contributed by atoms with van der Waals surface area (Å²) in [5.41, 5.74) is 0.877. The number of methoxy groups -OCH3 is 2. The number of ether oxygens (including phenoxy) is 3. The molecule has 1 aromatic carbocycles. The summed E-state index contributed by atoms with van der Waals surface area (Å²) in [6.45, 7) is 3.84. The van der Waals surface area contributed by atoms with Crippen molar-refractivity contribution in [2.75, 3.05) is 53.6 Å². The first-order chi connectivity index (χ1) is 17.0. The van der Waals surface area contributed by atoms with E-state index < -0.39 is 0 Å². The number of likely N-dealkylation sites (tertiary alicyclic amines) is 1. The molecule has 2 heterocycles. The summed E-state index contributed by atoms with van der Waals surface area (Å²) in [4.78, 5) is 41.3. The Morgan fingerprint density at radius 3 is 2.77 bits per heavy atom. The number of rotatable bonds is 11. The number of nitrogens with zero attached hydrogens (tertiary/aromatic N) is 3. The lowest BCUT2D eigenvalue weighted by molar-refractivity contribution is -0.151. The molecule has 1 aromatic heterocycles. The minimum atomic E-state index is -0.351. The van der Waals surface area contributed by atoms with Crippen LogP contribution in [0.1, 0.15) is 36.7 Å². The largest absolute Gasteiger partial charge is 0.497 e. The Kier molecular flexibility index (Phi) is 9.66. The lowest BCUT2D eigenvalue weighted by Gasteiger charge is -2.32. The number of aromatic nitrogens is 1. The van der Waals surface area contributed by atoms with E-state index in [2.05, 4.69) is 5.16 Å². The molecule has 10 nitrogen and oxygen atoms in total. The summed E-state index contributed by atoms with van der Waals surface area (Å²) in [6.07, 6.45) is 1.59. The van der Waals surface area contributed by atoms with Gasteiger partial charge in [-0.05, 0) is 31.9 Å². The van der Waals surface area contributed by atoms with Crippen LogP contribution in [0.5, 0.6) is 5.75 Å². The summed E-state index contributed by atoms with van der Waals surface area (Å²) in [5.74, 6) is 0.0781. The summed E-state index contributed by atoms with van der Waals surface area (Å²) >= 11 is 0. The van der Waals surface area contributed by atoms with Gasteiger partial charge in [0.2, 0.25) is 5.91 Å². The van der Waals surface area contributed by atoms with Crippen LogP contribution in [0.15, 0.2) is 34.9 Å². The van der Waals surface area contributed by atoms with E-state index >= 15 is 0 Å². The van der Waals surface area contributed by atoms with Crippen molar-refractivity contribution < 1.29 is 33.1 Å². The van der Waals surface area contributed by atoms with Gasteiger partial charge in [-0.1, -0.05) is 17.3 Å². The first kappa shape index (κ1) is 26.2. The van der Waals surface area contributed by atoms with Gasteiger partial charge in [0.1, 0.15) is 5.75 Å². The summed E-state index contributed by atoms with van der Waals surface area (Å²) in [7, 11) is 3.12. The molecule has 10 heteroatoms. The Bertz CT molecular complexity index is 1010. The van der Waals surface area contributed by atoms with Crippen molar-refractivity contribution in [1.82, 2.24) is 15.0 Å². The highest BCUT2D eigenvalue weighted by Crippen LogP contribution is 2.25. The van der Waals surface area contributed by atoms with E-state index in [4.69, 9.17) is 18.7 Å². The van der Waals surface area contributed by atoms with E-state index in [1.807, 2.05) is 18.2 Å². The molecule has 0 radical (unpaired) electrons. The van der Waals surface area contributed by atoms with Crippen LogP contribution >= 0.6 is 0 Å². The molecule has 1 aliphatic heterocycles. The van der Waals surface area contributed by atoms with E-state index in [0.29, 0.717) is 50.8 Å². The third-order valence-electron chi connectivity index (χ3n) is 5.93. The summed E-state index contributed by atoms with van der Waals surface area (Å²) in [6, 6.07) is 8.83. The third-order valence-corrected chi connectivity index (χ3v) is 5.93. The molecule has 1 atom stereocenters. The third kappa shape index (κ3) is 7.05. The SMILES string of the molecule is CCOC(=O)C1CCCN(C(=O)CCN(CCOC)C(=O)c2cc(-c3cccc(OC)c3)on2)C1. The van der Waals surface area contributed by atoms with Crippen LogP contribution < -0.4 is 4.74 Å². The fraction of sp³-hybridized carbons (Fsp3) is 0.520.